The molecule has 0 spiro atoms. The Balaban J connectivity index is 2.21. The van der Waals surface area contributed by atoms with Crippen molar-refractivity contribution in [2.24, 2.45) is 0 Å². The maximum Gasteiger partial charge on any atom is 0.270 e. The second-order valence-electron chi connectivity index (χ2n) is 4.36. The topological polar surface area (TPSA) is 103 Å². The van der Waals surface area contributed by atoms with Gasteiger partial charge in [0.15, 0.2) is 5.78 Å². The van der Waals surface area contributed by atoms with Crippen molar-refractivity contribution in [3.05, 3.63) is 86.0 Å². The molecule has 0 aliphatic rings. The lowest BCUT2D eigenvalue weighted by molar-refractivity contribution is -0.385. The van der Waals surface area contributed by atoms with Gasteiger partial charge in [-0.15, -0.1) is 0 Å². The maximum atomic E-state index is 12.0. The Hall–Kier alpha value is -3.35. The van der Waals surface area contributed by atoms with Crippen molar-refractivity contribution in [3.63, 3.8) is 0 Å². The molecule has 0 saturated carbocycles. The standard InChI is InChI=1S/C15H10N2O5/c18-15(12-4-2-6-14(10-12)17(21)22)8-7-11-3-1-5-13(9-11)16(19)20/h1-10H. The highest BCUT2D eigenvalue weighted by Crippen LogP contribution is 2.16. The molecule has 0 amide bonds. The molecule has 2 rings (SSSR count). The molecule has 110 valence electrons. The average molecular weight is 298 g/mol. The van der Waals surface area contributed by atoms with E-state index in [0.717, 1.165) is 0 Å². The first-order valence-corrected chi connectivity index (χ1v) is 6.19. The zero-order valence-corrected chi connectivity index (χ0v) is 11.2. The van der Waals surface area contributed by atoms with E-state index in [1.165, 1.54) is 54.6 Å². The first kappa shape index (κ1) is 15.0. The van der Waals surface area contributed by atoms with Crippen LogP contribution in [-0.2, 0) is 0 Å². The van der Waals surface area contributed by atoms with Gasteiger partial charge in [0.1, 0.15) is 0 Å². The predicted molar refractivity (Wildman–Crippen MR) is 79.6 cm³/mol. The summed E-state index contributed by atoms with van der Waals surface area (Å²) in [6, 6.07) is 11.2. The molecule has 0 radical (unpaired) electrons. The second-order valence-corrected chi connectivity index (χ2v) is 4.36. The normalized spacial score (nSPS) is 10.5. The number of non-ortho nitro benzene ring substituents is 2. The summed E-state index contributed by atoms with van der Waals surface area (Å²) in [5.41, 5.74) is 0.420. The third-order valence-corrected chi connectivity index (χ3v) is 2.85. The van der Waals surface area contributed by atoms with Gasteiger partial charge in [-0.1, -0.05) is 30.3 Å². The minimum Gasteiger partial charge on any atom is -0.289 e. The number of carbonyl (C=O) groups excluding carboxylic acids is 1. The van der Waals surface area contributed by atoms with Gasteiger partial charge in [0.25, 0.3) is 11.4 Å². The maximum absolute atomic E-state index is 12.0. The largest absolute Gasteiger partial charge is 0.289 e. The lowest BCUT2D eigenvalue weighted by Gasteiger charge is -1.97. The fourth-order valence-corrected chi connectivity index (χ4v) is 1.78. The number of nitrogens with zero attached hydrogens (tertiary/aromatic N) is 2. The zero-order valence-electron chi connectivity index (χ0n) is 11.2. The summed E-state index contributed by atoms with van der Waals surface area (Å²) in [5, 5.41) is 21.3. The van der Waals surface area contributed by atoms with Crippen LogP contribution in [0, 0.1) is 20.2 Å². The first-order chi connectivity index (χ1) is 10.5. The Kier molecular flexibility index (Phi) is 4.38. The van der Waals surface area contributed by atoms with Crippen molar-refractivity contribution in [1.29, 1.82) is 0 Å². The molecular weight excluding hydrogens is 288 g/mol. The Bertz CT molecular complexity index is 783. The van der Waals surface area contributed by atoms with Crippen LogP contribution in [0.3, 0.4) is 0 Å². The fourth-order valence-electron chi connectivity index (χ4n) is 1.78. The average Bonchev–Trinajstić information content (AvgIpc) is 2.53. The number of benzene rings is 2. The number of nitro benzene ring substituents is 2. The highest BCUT2D eigenvalue weighted by molar-refractivity contribution is 6.07. The lowest BCUT2D eigenvalue weighted by atomic mass is 10.1. The number of hydrogen-bond donors (Lipinski definition) is 0. The Morgan fingerprint density at radius 1 is 0.909 bits per heavy atom. The van der Waals surface area contributed by atoms with Crippen molar-refractivity contribution >= 4 is 23.2 Å². The molecule has 0 N–H and O–H groups in total. The summed E-state index contributed by atoms with van der Waals surface area (Å²) >= 11 is 0. The van der Waals surface area contributed by atoms with Crippen molar-refractivity contribution in [3.8, 4) is 0 Å². The van der Waals surface area contributed by atoms with Gasteiger partial charge in [-0.3, -0.25) is 25.0 Å². The molecule has 0 heterocycles. The SMILES string of the molecule is O=C(C=Cc1cccc([N+](=O)[O-])c1)c1cccc([N+](=O)[O-])c1. The van der Waals surface area contributed by atoms with Crippen molar-refractivity contribution in [2.75, 3.05) is 0 Å². The van der Waals surface area contributed by atoms with E-state index in [2.05, 4.69) is 0 Å². The number of nitro groups is 2. The third-order valence-electron chi connectivity index (χ3n) is 2.85. The molecule has 2 aromatic carbocycles. The number of carbonyl (C=O) groups is 1. The molecule has 7 heteroatoms. The second kappa shape index (κ2) is 6.40. The number of ketones is 1. The molecule has 0 unspecified atom stereocenters. The molecule has 0 fully saturated rings. The number of rotatable bonds is 5. The zero-order chi connectivity index (χ0) is 16.1. The first-order valence-electron chi connectivity index (χ1n) is 6.19. The van der Waals surface area contributed by atoms with Crippen LogP contribution in [0.2, 0.25) is 0 Å². The minimum atomic E-state index is -0.582. The van der Waals surface area contributed by atoms with Crippen molar-refractivity contribution in [2.45, 2.75) is 0 Å². The van der Waals surface area contributed by atoms with Crippen LogP contribution in [0.5, 0.6) is 0 Å². The van der Waals surface area contributed by atoms with E-state index in [0.29, 0.717) is 5.56 Å². The molecule has 0 aliphatic heterocycles. The third kappa shape index (κ3) is 3.60. The van der Waals surface area contributed by atoms with Gasteiger partial charge in [0.05, 0.1) is 9.85 Å². The predicted octanol–water partition coefficient (Wildman–Crippen LogP) is 3.40. The number of allylic oxidation sites excluding steroid dienone is 1. The van der Waals surface area contributed by atoms with Crippen molar-refractivity contribution < 1.29 is 14.6 Å². The molecule has 22 heavy (non-hydrogen) atoms. The van der Waals surface area contributed by atoms with Gasteiger partial charge < -0.3 is 0 Å². The van der Waals surface area contributed by atoms with Crippen molar-refractivity contribution in [1.82, 2.24) is 0 Å². The van der Waals surface area contributed by atoms with Crippen LogP contribution < -0.4 is 0 Å². The molecular formula is C15H10N2O5. The Morgan fingerprint density at radius 3 is 2.14 bits per heavy atom. The van der Waals surface area contributed by atoms with Gasteiger partial charge in [0.2, 0.25) is 0 Å². The summed E-state index contributed by atoms with van der Waals surface area (Å²) in [6.45, 7) is 0. The van der Waals surface area contributed by atoms with Gasteiger partial charge in [-0.05, 0) is 11.6 Å². The van der Waals surface area contributed by atoms with E-state index in [1.807, 2.05) is 0 Å². The minimum absolute atomic E-state index is 0.0788. The monoisotopic (exact) mass is 298 g/mol. The van der Waals surface area contributed by atoms with Crippen LogP contribution in [0.25, 0.3) is 6.08 Å². The smallest absolute Gasteiger partial charge is 0.270 e. The lowest BCUT2D eigenvalue weighted by Crippen LogP contribution is -1.96. The van der Waals surface area contributed by atoms with E-state index in [4.69, 9.17) is 0 Å². The fraction of sp³-hybridized carbons (Fsp3) is 0. The van der Waals surface area contributed by atoms with Crippen LogP contribution in [0.1, 0.15) is 15.9 Å². The van der Waals surface area contributed by atoms with Crippen LogP contribution in [0.4, 0.5) is 11.4 Å². The summed E-state index contributed by atoms with van der Waals surface area (Å²) in [5.74, 6) is -0.421. The number of hydrogen-bond acceptors (Lipinski definition) is 5. The van der Waals surface area contributed by atoms with Gasteiger partial charge in [-0.25, -0.2) is 0 Å². The van der Waals surface area contributed by atoms with Crippen LogP contribution in [0.15, 0.2) is 54.6 Å². The molecule has 0 bridgehead atoms. The summed E-state index contributed by atoms with van der Waals surface area (Å²) in [6.07, 6.45) is 2.65. The molecule has 0 saturated heterocycles. The van der Waals surface area contributed by atoms with Crippen LogP contribution in [-0.4, -0.2) is 15.6 Å². The Morgan fingerprint density at radius 2 is 1.50 bits per heavy atom. The van der Waals surface area contributed by atoms with E-state index in [1.54, 1.807) is 6.07 Å². The highest BCUT2D eigenvalue weighted by atomic mass is 16.6. The summed E-state index contributed by atoms with van der Waals surface area (Å²) in [7, 11) is 0. The van der Waals surface area contributed by atoms with E-state index in [9.17, 15) is 25.0 Å². The summed E-state index contributed by atoms with van der Waals surface area (Å²) in [4.78, 5) is 32.2. The van der Waals surface area contributed by atoms with E-state index in [-0.39, 0.29) is 16.9 Å². The van der Waals surface area contributed by atoms with Gasteiger partial charge in [-0.2, -0.15) is 0 Å². The quantitative estimate of drug-likeness (QED) is 0.364. The molecule has 0 aromatic heterocycles. The van der Waals surface area contributed by atoms with Gasteiger partial charge >= 0.3 is 0 Å². The molecule has 0 atom stereocenters. The van der Waals surface area contributed by atoms with Crippen LogP contribution >= 0.6 is 0 Å². The van der Waals surface area contributed by atoms with Gasteiger partial charge in [0, 0.05) is 29.8 Å². The Labute approximate surface area is 124 Å². The van der Waals surface area contributed by atoms with E-state index < -0.39 is 15.6 Å². The molecule has 7 nitrogen and oxygen atoms in total. The molecule has 0 aliphatic carbocycles. The summed E-state index contributed by atoms with van der Waals surface area (Å²) < 4.78 is 0. The molecule has 2 aromatic rings. The highest BCUT2D eigenvalue weighted by Gasteiger charge is 2.09. The van der Waals surface area contributed by atoms with E-state index >= 15 is 0 Å².